The summed E-state index contributed by atoms with van der Waals surface area (Å²) in [5, 5.41) is 6.62. The highest BCUT2D eigenvalue weighted by Crippen LogP contribution is 2.31. The minimum Gasteiger partial charge on any atom is -0.444 e. The molecule has 3 aromatic rings. The van der Waals surface area contributed by atoms with E-state index in [4.69, 9.17) is 21.4 Å². The summed E-state index contributed by atoms with van der Waals surface area (Å²) < 4.78 is 7.54. The zero-order valence-corrected chi connectivity index (χ0v) is 17.8. The Hall–Kier alpha value is -2.53. The summed E-state index contributed by atoms with van der Waals surface area (Å²) in [5.74, 6) is 0. The molecule has 1 aromatic heterocycles. The molecule has 4 rings (SSSR count). The van der Waals surface area contributed by atoms with Gasteiger partial charge in [-0.05, 0) is 51.3 Å². The molecule has 0 saturated carbocycles. The maximum atomic E-state index is 12.5. The van der Waals surface area contributed by atoms with E-state index in [2.05, 4.69) is 24.4 Å². The molecule has 1 fully saturated rings. The van der Waals surface area contributed by atoms with Crippen LogP contribution in [0.25, 0.3) is 22.0 Å². The molecule has 1 aliphatic rings. The van der Waals surface area contributed by atoms with Crippen LogP contribution in [-0.4, -0.2) is 39.5 Å². The van der Waals surface area contributed by atoms with Crippen LogP contribution in [0.15, 0.2) is 48.7 Å². The lowest BCUT2D eigenvalue weighted by Gasteiger charge is -2.34. The van der Waals surface area contributed by atoms with E-state index in [0.29, 0.717) is 6.54 Å². The second kappa shape index (κ2) is 7.71. The number of amides is 1. The van der Waals surface area contributed by atoms with E-state index in [-0.39, 0.29) is 12.1 Å². The fourth-order valence-corrected chi connectivity index (χ4v) is 3.99. The van der Waals surface area contributed by atoms with Crippen molar-refractivity contribution in [3.8, 4) is 11.1 Å². The molecule has 29 heavy (non-hydrogen) atoms. The molecule has 1 unspecified atom stereocenters. The summed E-state index contributed by atoms with van der Waals surface area (Å²) in [5.41, 5.74) is 2.49. The van der Waals surface area contributed by atoms with Crippen molar-refractivity contribution < 1.29 is 9.53 Å². The van der Waals surface area contributed by atoms with E-state index < -0.39 is 5.60 Å². The van der Waals surface area contributed by atoms with Crippen molar-refractivity contribution >= 4 is 28.6 Å². The maximum absolute atomic E-state index is 12.5. The van der Waals surface area contributed by atoms with Gasteiger partial charge in [0, 0.05) is 35.3 Å². The van der Waals surface area contributed by atoms with Gasteiger partial charge in [-0.1, -0.05) is 41.9 Å². The van der Waals surface area contributed by atoms with Crippen molar-refractivity contribution in [3.05, 3.63) is 53.7 Å². The summed E-state index contributed by atoms with van der Waals surface area (Å²) in [4.78, 5) is 14.3. The molecule has 2 heterocycles. The molecule has 0 spiro atoms. The lowest BCUT2D eigenvalue weighted by atomic mass is 10.0. The number of rotatable bonds is 2. The number of fused-ring (bicyclic) bond motifs is 1. The first kappa shape index (κ1) is 19.8. The lowest BCUT2D eigenvalue weighted by Crippen LogP contribution is -2.43. The summed E-state index contributed by atoms with van der Waals surface area (Å²) in [6.07, 6.45) is 3.74. The number of carbonyl (C=O) groups excluding carboxylic acids is 1. The number of hydrogen-bond acceptors (Lipinski definition) is 3. The van der Waals surface area contributed by atoms with Gasteiger partial charge in [-0.25, -0.2) is 4.79 Å². The number of hydrogen-bond donors (Lipinski definition) is 0. The Kier molecular flexibility index (Phi) is 5.26. The van der Waals surface area contributed by atoms with Crippen molar-refractivity contribution in [1.82, 2.24) is 14.7 Å². The van der Waals surface area contributed by atoms with Crippen LogP contribution < -0.4 is 0 Å². The largest absolute Gasteiger partial charge is 0.444 e. The molecule has 1 atom stereocenters. The molecule has 6 heteroatoms. The van der Waals surface area contributed by atoms with Crippen molar-refractivity contribution in [2.24, 2.45) is 0 Å². The van der Waals surface area contributed by atoms with Crippen LogP contribution in [0.2, 0.25) is 5.02 Å². The predicted molar refractivity (Wildman–Crippen MR) is 116 cm³/mol. The van der Waals surface area contributed by atoms with E-state index in [1.807, 2.05) is 49.7 Å². The summed E-state index contributed by atoms with van der Waals surface area (Å²) in [6.45, 7) is 7.01. The Balaban J connectivity index is 1.56. The van der Waals surface area contributed by atoms with E-state index >= 15 is 0 Å². The second-order valence-corrected chi connectivity index (χ2v) is 8.99. The normalized spacial score (nSPS) is 17.5. The minimum absolute atomic E-state index is 0.146. The van der Waals surface area contributed by atoms with Crippen LogP contribution in [0.4, 0.5) is 4.79 Å². The molecule has 1 amide bonds. The number of halogens is 1. The Bertz CT molecular complexity index is 1040. The molecule has 1 aliphatic heterocycles. The van der Waals surface area contributed by atoms with Crippen LogP contribution in [0.3, 0.4) is 0 Å². The molecule has 0 bridgehead atoms. The molecule has 2 aromatic carbocycles. The molecular weight excluding hydrogens is 386 g/mol. The maximum Gasteiger partial charge on any atom is 0.410 e. The molecular formula is C23H26ClN3O2. The van der Waals surface area contributed by atoms with Crippen LogP contribution in [0.1, 0.15) is 39.7 Å². The molecule has 0 N–H and O–H groups in total. The Morgan fingerprint density at radius 3 is 2.76 bits per heavy atom. The number of piperidine rings is 1. The topological polar surface area (TPSA) is 47.4 Å². The fourth-order valence-electron chi connectivity index (χ4n) is 3.75. The highest BCUT2D eigenvalue weighted by atomic mass is 35.5. The lowest BCUT2D eigenvalue weighted by molar-refractivity contribution is 0.0168. The third-order valence-electron chi connectivity index (χ3n) is 5.13. The third kappa shape index (κ3) is 4.40. The monoisotopic (exact) mass is 411 g/mol. The Labute approximate surface area is 176 Å². The zero-order chi connectivity index (χ0) is 20.6. The number of aromatic nitrogens is 2. The van der Waals surface area contributed by atoms with E-state index in [9.17, 15) is 4.79 Å². The standard InChI is InChI=1S/C23H26ClN3O2/c1-23(2,3)29-22(28)26-12-6-7-18(15-26)27-14-17-11-10-16(13-21(17)25-27)19-8-4-5-9-20(19)24/h4-5,8-11,13-14,18H,6-7,12,15H2,1-3H3. The van der Waals surface area contributed by atoms with Gasteiger partial charge in [0.1, 0.15) is 5.60 Å². The molecule has 152 valence electrons. The van der Waals surface area contributed by atoms with Crippen LogP contribution in [0, 0.1) is 0 Å². The van der Waals surface area contributed by atoms with Gasteiger partial charge < -0.3 is 9.64 Å². The van der Waals surface area contributed by atoms with Crippen LogP contribution in [-0.2, 0) is 4.74 Å². The Morgan fingerprint density at radius 1 is 1.21 bits per heavy atom. The van der Waals surface area contributed by atoms with Gasteiger partial charge in [0.2, 0.25) is 0 Å². The summed E-state index contributed by atoms with van der Waals surface area (Å²) >= 11 is 6.35. The zero-order valence-electron chi connectivity index (χ0n) is 17.1. The average Bonchev–Trinajstić information content (AvgIpc) is 3.10. The van der Waals surface area contributed by atoms with Gasteiger partial charge in [-0.3, -0.25) is 4.68 Å². The average molecular weight is 412 g/mol. The SMILES string of the molecule is CC(C)(C)OC(=O)N1CCCC(n2cc3ccc(-c4ccccc4Cl)cc3n2)C1. The highest BCUT2D eigenvalue weighted by Gasteiger charge is 2.28. The summed E-state index contributed by atoms with van der Waals surface area (Å²) in [6, 6.07) is 14.2. The van der Waals surface area contributed by atoms with Gasteiger partial charge >= 0.3 is 6.09 Å². The molecule has 0 aliphatic carbocycles. The fraction of sp³-hybridized carbons (Fsp3) is 0.391. The van der Waals surface area contributed by atoms with E-state index in [1.165, 1.54) is 0 Å². The second-order valence-electron chi connectivity index (χ2n) is 8.58. The van der Waals surface area contributed by atoms with Crippen LogP contribution >= 0.6 is 11.6 Å². The first-order valence-corrected chi connectivity index (χ1v) is 10.4. The van der Waals surface area contributed by atoms with Gasteiger partial charge in [0.25, 0.3) is 0 Å². The Morgan fingerprint density at radius 2 is 2.00 bits per heavy atom. The predicted octanol–water partition coefficient (Wildman–Crippen LogP) is 5.93. The number of carbonyl (C=O) groups is 1. The quantitative estimate of drug-likeness (QED) is 0.525. The molecule has 0 radical (unpaired) electrons. The van der Waals surface area contributed by atoms with Gasteiger partial charge in [-0.2, -0.15) is 5.10 Å². The van der Waals surface area contributed by atoms with E-state index in [0.717, 1.165) is 46.4 Å². The molecule has 1 saturated heterocycles. The highest BCUT2D eigenvalue weighted by molar-refractivity contribution is 6.33. The smallest absolute Gasteiger partial charge is 0.410 e. The van der Waals surface area contributed by atoms with Gasteiger partial charge in [0.15, 0.2) is 0 Å². The summed E-state index contributed by atoms with van der Waals surface area (Å²) in [7, 11) is 0. The first-order chi connectivity index (χ1) is 13.8. The number of ether oxygens (including phenoxy) is 1. The van der Waals surface area contributed by atoms with Crippen molar-refractivity contribution in [1.29, 1.82) is 0 Å². The van der Waals surface area contributed by atoms with Crippen LogP contribution in [0.5, 0.6) is 0 Å². The van der Waals surface area contributed by atoms with Crippen molar-refractivity contribution in [3.63, 3.8) is 0 Å². The first-order valence-electron chi connectivity index (χ1n) is 10.0. The van der Waals surface area contributed by atoms with Gasteiger partial charge in [0.05, 0.1) is 11.6 Å². The molecule has 5 nitrogen and oxygen atoms in total. The number of nitrogens with zero attached hydrogens (tertiary/aromatic N) is 3. The third-order valence-corrected chi connectivity index (χ3v) is 5.46. The van der Waals surface area contributed by atoms with Crippen molar-refractivity contribution in [2.45, 2.75) is 45.3 Å². The van der Waals surface area contributed by atoms with E-state index in [1.54, 1.807) is 4.90 Å². The van der Waals surface area contributed by atoms with Gasteiger partial charge in [-0.15, -0.1) is 0 Å². The minimum atomic E-state index is -0.487. The number of benzene rings is 2. The number of likely N-dealkylation sites (tertiary alicyclic amines) is 1. The van der Waals surface area contributed by atoms with Crippen molar-refractivity contribution in [2.75, 3.05) is 13.1 Å².